The van der Waals surface area contributed by atoms with Crippen LogP contribution in [0.1, 0.15) is 36.8 Å². The van der Waals surface area contributed by atoms with E-state index in [1.54, 1.807) is 4.57 Å². The fourth-order valence-corrected chi connectivity index (χ4v) is 2.90. The molecule has 19 heavy (non-hydrogen) atoms. The number of nitrogens with one attached hydrogen (secondary N) is 1. The number of rotatable bonds is 6. The summed E-state index contributed by atoms with van der Waals surface area (Å²) in [5.41, 5.74) is 1.82. The second-order valence-corrected chi connectivity index (χ2v) is 5.35. The summed E-state index contributed by atoms with van der Waals surface area (Å²) in [6.07, 6.45) is 2.02. The number of aromatic amines is 1. The smallest absolute Gasteiger partial charge is 0.343 e. The summed E-state index contributed by atoms with van der Waals surface area (Å²) in [6, 6.07) is 0. The van der Waals surface area contributed by atoms with Gasteiger partial charge in [0.25, 0.3) is 0 Å². The Labute approximate surface area is 115 Å². The average molecular weight is 282 g/mol. The van der Waals surface area contributed by atoms with Gasteiger partial charge < -0.3 is 4.52 Å². The van der Waals surface area contributed by atoms with Crippen LogP contribution in [0.15, 0.2) is 14.5 Å². The van der Waals surface area contributed by atoms with E-state index in [0.29, 0.717) is 12.3 Å². The molecule has 0 radical (unpaired) electrons. The van der Waals surface area contributed by atoms with E-state index in [1.807, 2.05) is 13.8 Å². The Morgan fingerprint density at radius 1 is 1.42 bits per heavy atom. The van der Waals surface area contributed by atoms with E-state index in [1.165, 1.54) is 11.8 Å². The molecule has 2 rings (SSSR count). The molecular weight excluding hydrogens is 264 g/mol. The van der Waals surface area contributed by atoms with Crippen LogP contribution in [0, 0.1) is 13.8 Å². The Kier molecular flexibility index (Phi) is 4.47. The fourth-order valence-electron chi connectivity index (χ4n) is 1.77. The van der Waals surface area contributed by atoms with Crippen molar-refractivity contribution in [3.8, 4) is 0 Å². The number of hydrogen-bond acceptors (Lipinski definition) is 5. The van der Waals surface area contributed by atoms with Crippen LogP contribution in [0.2, 0.25) is 0 Å². The average Bonchev–Trinajstić information content (AvgIpc) is 2.89. The van der Waals surface area contributed by atoms with Crippen LogP contribution in [-0.2, 0) is 12.3 Å². The van der Waals surface area contributed by atoms with Crippen molar-refractivity contribution in [2.45, 2.75) is 51.1 Å². The number of aryl methyl sites for hydroxylation is 2. The number of thioether (sulfide) groups is 1. The molecule has 104 valence electrons. The van der Waals surface area contributed by atoms with Crippen molar-refractivity contribution in [2.24, 2.45) is 0 Å². The fraction of sp³-hybridized carbons (Fsp3) is 0.583. The highest BCUT2D eigenvalue weighted by Crippen LogP contribution is 2.24. The van der Waals surface area contributed by atoms with E-state index in [0.717, 1.165) is 35.0 Å². The summed E-state index contributed by atoms with van der Waals surface area (Å²) in [5.74, 6) is 1.53. The Balaban J connectivity index is 2.09. The number of nitrogens with zero attached hydrogens (tertiary/aromatic N) is 3. The molecule has 0 fully saturated rings. The van der Waals surface area contributed by atoms with E-state index in [2.05, 4.69) is 22.3 Å². The Morgan fingerprint density at radius 3 is 2.84 bits per heavy atom. The Hall–Kier alpha value is -1.50. The second kappa shape index (κ2) is 6.10. The molecule has 0 unspecified atom stereocenters. The minimum Gasteiger partial charge on any atom is -0.361 e. The predicted molar refractivity (Wildman–Crippen MR) is 73.3 cm³/mol. The molecular formula is C12H18N4O2S. The lowest BCUT2D eigenvalue weighted by Crippen LogP contribution is -2.17. The van der Waals surface area contributed by atoms with Crippen molar-refractivity contribution in [1.82, 2.24) is 19.9 Å². The van der Waals surface area contributed by atoms with Crippen LogP contribution >= 0.6 is 11.8 Å². The van der Waals surface area contributed by atoms with Gasteiger partial charge >= 0.3 is 5.69 Å². The standard InChI is InChI=1S/C12H18N4O2S/c1-4-5-6-16-11(17)13-14-12(16)19-7-10-8(2)15-18-9(10)3/h4-7H2,1-3H3,(H,13,17). The molecule has 0 atom stereocenters. The molecule has 0 aliphatic carbocycles. The summed E-state index contributed by atoms with van der Waals surface area (Å²) in [7, 11) is 0. The summed E-state index contributed by atoms with van der Waals surface area (Å²) >= 11 is 1.52. The summed E-state index contributed by atoms with van der Waals surface area (Å²) in [6.45, 7) is 6.61. The number of aromatic nitrogens is 4. The number of H-pyrrole nitrogens is 1. The maximum atomic E-state index is 11.6. The van der Waals surface area contributed by atoms with Gasteiger partial charge in [0.2, 0.25) is 0 Å². The van der Waals surface area contributed by atoms with Crippen molar-refractivity contribution in [3.05, 3.63) is 27.5 Å². The van der Waals surface area contributed by atoms with Crippen LogP contribution < -0.4 is 5.69 Å². The molecule has 0 saturated heterocycles. The normalized spacial score (nSPS) is 11.1. The number of unbranched alkanes of at least 4 members (excludes halogenated alkanes) is 1. The monoisotopic (exact) mass is 282 g/mol. The van der Waals surface area contributed by atoms with Gasteiger partial charge in [0.1, 0.15) is 5.76 Å². The molecule has 0 aromatic carbocycles. The van der Waals surface area contributed by atoms with Gasteiger partial charge in [-0.1, -0.05) is 30.3 Å². The van der Waals surface area contributed by atoms with Gasteiger partial charge in [-0.15, -0.1) is 5.10 Å². The van der Waals surface area contributed by atoms with E-state index in [4.69, 9.17) is 4.52 Å². The van der Waals surface area contributed by atoms with Crippen molar-refractivity contribution in [1.29, 1.82) is 0 Å². The molecule has 0 spiro atoms. The van der Waals surface area contributed by atoms with E-state index in [-0.39, 0.29) is 5.69 Å². The van der Waals surface area contributed by atoms with Crippen molar-refractivity contribution >= 4 is 11.8 Å². The molecule has 2 aromatic heterocycles. The van der Waals surface area contributed by atoms with E-state index >= 15 is 0 Å². The highest BCUT2D eigenvalue weighted by Gasteiger charge is 2.13. The van der Waals surface area contributed by atoms with Crippen LogP contribution in [0.3, 0.4) is 0 Å². The molecule has 2 aromatic rings. The van der Waals surface area contributed by atoms with E-state index < -0.39 is 0 Å². The first-order valence-corrected chi connectivity index (χ1v) is 7.31. The quantitative estimate of drug-likeness (QED) is 0.822. The minimum atomic E-state index is -0.144. The van der Waals surface area contributed by atoms with Gasteiger partial charge in [-0.25, -0.2) is 9.89 Å². The molecule has 1 N–H and O–H groups in total. The first-order valence-electron chi connectivity index (χ1n) is 6.33. The lowest BCUT2D eigenvalue weighted by Gasteiger charge is -2.04. The zero-order valence-corrected chi connectivity index (χ0v) is 12.2. The zero-order chi connectivity index (χ0) is 13.8. The molecule has 2 heterocycles. The van der Waals surface area contributed by atoms with E-state index in [9.17, 15) is 4.79 Å². The van der Waals surface area contributed by atoms with Crippen molar-refractivity contribution in [2.75, 3.05) is 0 Å². The molecule has 0 bridgehead atoms. The lowest BCUT2D eigenvalue weighted by atomic mass is 10.2. The molecule has 0 saturated carbocycles. The third-order valence-electron chi connectivity index (χ3n) is 2.99. The van der Waals surface area contributed by atoms with Gasteiger partial charge in [0.15, 0.2) is 5.16 Å². The maximum absolute atomic E-state index is 11.6. The highest BCUT2D eigenvalue weighted by atomic mass is 32.2. The summed E-state index contributed by atoms with van der Waals surface area (Å²) in [4.78, 5) is 11.6. The first kappa shape index (κ1) is 13.9. The number of hydrogen-bond donors (Lipinski definition) is 1. The van der Waals surface area contributed by atoms with Gasteiger partial charge in [0, 0.05) is 17.9 Å². The SMILES string of the molecule is CCCCn1c(SCc2c(C)noc2C)n[nH]c1=O. The minimum absolute atomic E-state index is 0.144. The van der Waals surface area contributed by atoms with Crippen LogP contribution in [0.5, 0.6) is 0 Å². The van der Waals surface area contributed by atoms with Crippen molar-refractivity contribution < 1.29 is 4.52 Å². The van der Waals surface area contributed by atoms with Gasteiger partial charge in [-0.05, 0) is 20.3 Å². The Morgan fingerprint density at radius 2 is 2.21 bits per heavy atom. The molecule has 0 amide bonds. The lowest BCUT2D eigenvalue weighted by molar-refractivity contribution is 0.392. The first-order chi connectivity index (χ1) is 9.13. The third-order valence-corrected chi connectivity index (χ3v) is 3.99. The highest BCUT2D eigenvalue weighted by molar-refractivity contribution is 7.98. The van der Waals surface area contributed by atoms with Gasteiger partial charge in [-0.2, -0.15) is 0 Å². The molecule has 0 aliphatic heterocycles. The molecule has 0 aliphatic rings. The zero-order valence-electron chi connectivity index (χ0n) is 11.4. The third kappa shape index (κ3) is 3.09. The van der Waals surface area contributed by atoms with Gasteiger partial charge in [0.05, 0.1) is 5.69 Å². The van der Waals surface area contributed by atoms with Crippen LogP contribution in [-0.4, -0.2) is 19.9 Å². The van der Waals surface area contributed by atoms with Crippen LogP contribution in [0.25, 0.3) is 0 Å². The second-order valence-electron chi connectivity index (χ2n) is 4.41. The maximum Gasteiger partial charge on any atom is 0.343 e. The van der Waals surface area contributed by atoms with Gasteiger partial charge in [-0.3, -0.25) is 4.57 Å². The van der Waals surface area contributed by atoms with Crippen LogP contribution in [0.4, 0.5) is 0 Å². The molecule has 7 heteroatoms. The predicted octanol–water partition coefficient (Wildman–Crippen LogP) is 2.27. The largest absolute Gasteiger partial charge is 0.361 e. The Bertz CT molecular complexity index is 580. The van der Waals surface area contributed by atoms with Crippen molar-refractivity contribution in [3.63, 3.8) is 0 Å². The molecule has 6 nitrogen and oxygen atoms in total. The summed E-state index contributed by atoms with van der Waals surface area (Å²) < 4.78 is 6.81. The summed E-state index contributed by atoms with van der Waals surface area (Å²) in [5, 5.41) is 11.2. The topological polar surface area (TPSA) is 76.7 Å².